The average Bonchev–Trinajstić information content (AvgIpc) is 2.34. The fraction of sp³-hybridized carbons (Fsp3) is 0.462. The Labute approximate surface area is 110 Å². The van der Waals surface area contributed by atoms with E-state index in [0.717, 1.165) is 41.7 Å². The molecule has 1 aromatic rings. The van der Waals surface area contributed by atoms with Crippen LogP contribution < -0.4 is 5.32 Å². The van der Waals surface area contributed by atoms with Gasteiger partial charge in [-0.1, -0.05) is 22.0 Å². The maximum Gasteiger partial charge on any atom is 0.251 e. The molecule has 0 atom stereocenters. The van der Waals surface area contributed by atoms with Gasteiger partial charge in [0.05, 0.1) is 0 Å². The summed E-state index contributed by atoms with van der Waals surface area (Å²) >= 11 is 3.44. The molecule has 0 aliphatic carbocycles. The quantitative estimate of drug-likeness (QED) is 0.911. The molecule has 2 rings (SSSR count). The van der Waals surface area contributed by atoms with Crippen LogP contribution >= 0.6 is 15.9 Å². The molecule has 92 valence electrons. The highest BCUT2D eigenvalue weighted by Crippen LogP contribution is 2.19. The zero-order valence-electron chi connectivity index (χ0n) is 9.83. The van der Waals surface area contributed by atoms with Gasteiger partial charge in [0.2, 0.25) is 0 Å². The fourth-order valence-corrected chi connectivity index (χ4v) is 2.32. The molecular weight excluding hydrogens is 282 g/mol. The van der Waals surface area contributed by atoms with Gasteiger partial charge in [-0.3, -0.25) is 4.79 Å². The molecule has 1 saturated heterocycles. The predicted octanol–water partition coefficient (Wildman–Crippen LogP) is 2.67. The number of amides is 1. The van der Waals surface area contributed by atoms with Crippen LogP contribution in [0.1, 0.15) is 28.8 Å². The zero-order chi connectivity index (χ0) is 12.3. The predicted molar refractivity (Wildman–Crippen MR) is 70.2 cm³/mol. The van der Waals surface area contributed by atoms with Crippen LogP contribution in [0.4, 0.5) is 0 Å². The molecular formula is C13H16BrNO2. The Hall–Kier alpha value is -0.870. The van der Waals surface area contributed by atoms with Crippen LogP contribution in [0.2, 0.25) is 0 Å². The van der Waals surface area contributed by atoms with Crippen molar-refractivity contribution in [3.63, 3.8) is 0 Å². The standard InChI is InChI=1S/C13H16BrNO2/c1-9-11(3-2-4-12(9)14)13(16)15-10-5-7-17-8-6-10/h2-4,10H,5-8H2,1H3,(H,15,16). The van der Waals surface area contributed by atoms with E-state index in [9.17, 15) is 4.79 Å². The summed E-state index contributed by atoms with van der Waals surface area (Å²) in [5, 5.41) is 3.06. The van der Waals surface area contributed by atoms with E-state index < -0.39 is 0 Å². The van der Waals surface area contributed by atoms with Gasteiger partial charge in [0, 0.05) is 29.3 Å². The normalized spacial score (nSPS) is 16.8. The van der Waals surface area contributed by atoms with Crippen LogP contribution in [-0.2, 0) is 4.74 Å². The second-order valence-corrected chi connectivity index (χ2v) is 5.13. The molecule has 0 spiro atoms. The van der Waals surface area contributed by atoms with Gasteiger partial charge in [-0.2, -0.15) is 0 Å². The number of hydrogen-bond donors (Lipinski definition) is 1. The van der Waals surface area contributed by atoms with Gasteiger partial charge in [-0.15, -0.1) is 0 Å². The number of hydrogen-bond acceptors (Lipinski definition) is 2. The summed E-state index contributed by atoms with van der Waals surface area (Å²) in [4.78, 5) is 12.1. The van der Waals surface area contributed by atoms with Crippen LogP contribution in [0.15, 0.2) is 22.7 Å². The van der Waals surface area contributed by atoms with Gasteiger partial charge in [0.25, 0.3) is 5.91 Å². The first-order valence-electron chi connectivity index (χ1n) is 5.82. The second-order valence-electron chi connectivity index (χ2n) is 4.27. The van der Waals surface area contributed by atoms with Gasteiger partial charge >= 0.3 is 0 Å². The van der Waals surface area contributed by atoms with Gasteiger partial charge in [0.15, 0.2) is 0 Å². The number of nitrogens with one attached hydrogen (secondary N) is 1. The first kappa shape index (κ1) is 12.6. The number of carbonyl (C=O) groups excluding carboxylic acids is 1. The molecule has 1 aliphatic rings. The van der Waals surface area contributed by atoms with Gasteiger partial charge in [-0.25, -0.2) is 0 Å². The summed E-state index contributed by atoms with van der Waals surface area (Å²) < 4.78 is 6.24. The first-order valence-corrected chi connectivity index (χ1v) is 6.61. The van der Waals surface area contributed by atoms with Crippen LogP contribution in [0, 0.1) is 6.92 Å². The molecule has 1 heterocycles. The average molecular weight is 298 g/mol. The number of rotatable bonds is 2. The Morgan fingerprint density at radius 3 is 2.82 bits per heavy atom. The summed E-state index contributed by atoms with van der Waals surface area (Å²) in [6, 6.07) is 5.93. The number of halogens is 1. The number of benzene rings is 1. The second kappa shape index (κ2) is 5.65. The highest BCUT2D eigenvalue weighted by atomic mass is 79.9. The molecule has 1 fully saturated rings. The largest absolute Gasteiger partial charge is 0.381 e. The van der Waals surface area contributed by atoms with Crippen molar-refractivity contribution in [2.75, 3.05) is 13.2 Å². The Morgan fingerprint density at radius 1 is 1.41 bits per heavy atom. The van der Waals surface area contributed by atoms with Crippen molar-refractivity contribution in [3.05, 3.63) is 33.8 Å². The van der Waals surface area contributed by atoms with E-state index in [4.69, 9.17) is 4.74 Å². The smallest absolute Gasteiger partial charge is 0.251 e. The van der Waals surface area contributed by atoms with Crippen molar-refractivity contribution < 1.29 is 9.53 Å². The van der Waals surface area contributed by atoms with Gasteiger partial charge < -0.3 is 10.1 Å². The minimum atomic E-state index is 0.00991. The molecule has 3 nitrogen and oxygen atoms in total. The Bertz CT molecular complexity index is 414. The Balaban J connectivity index is 2.06. The Kier molecular flexibility index (Phi) is 4.18. The van der Waals surface area contributed by atoms with E-state index in [2.05, 4.69) is 21.2 Å². The molecule has 4 heteroatoms. The van der Waals surface area contributed by atoms with Crippen LogP contribution in [0.3, 0.4) is 0 Å². The maximum atomic E-state index is 12.1. The SMILES string of the molecule is Cc1c(Br)cccc1C(=O)NC1CCOCC1. The molecule has 1 aliphatic heterocycles. The topological polar surface area (TPSA) is 38.3 Å². The Morgan fingerprint density at radius 2 is 2.12 bits per heavy atom. The highest BCUT2D eigenvalue weighted by Gasteiger charge is 2.18. The van der Waals surface area contributed by atoms with Crippen LogP contribution in [0.25, 0.3) is 0 Å². The van der Waals surface area contributed by atoms with E-state index in [1.54, 1.807) is 0 Å². The molecule has 0 saturated carbocycles. The minimum Gasteiger partial charge on any atom is -0.381 e. The lowest BCUT2D eigenvalue weighted by Gasteiger charge is -2.23. The van der Waals surface area contributed by atoms with Crippen molar-refractivity contribution in [1.82, 2.24) is 5.32 Å². The summed E-state index contributed by atoms with van der Waals surface area (Å²) in [6.07, 6.45) is 1.80. The number of ether oxygens (including phenoxy) is 1. The maximum absolute atomic E-state index is 12.1. The monoisotopic (exact) mass is 297 g/mol. The van der Waals surface area contributed by atoms with Crippen LogP contribution in [0.5, 0.6) is 0 Å². The first-order chi connectivity index (χ1) is 8.18. The third kappa shape index (κ3) is 3.07. The summed E-state index contributed by atoms with van der Waals surface area (Å²) in [5.41, 5.74) is 1.72. The van der Waals surface area contributed by atoms with Crippen LogP contribution in [-0.4, -0.2) is 25.2 Å². The van der Waals surface area contributed by atoms with Crippen molar-refractivity contribution in [3.8, 4) is 0 Å². The molecule has 0 unspecified atom stereocenters. The molecule has 0 radical (unpaired) electrons. The van der Waals surface area contributed by atoms with E-state index in [0.29, 0.717) is 0 Å². The van der Waals surface area contributed by atoms with Crippen molar-refractivity contribution in [2.45, 2.75) is 25.8 Å². The van der Waals surface area contributed by atoms with Gasteiger partial charge in [0.1, 0.15) is 0 Å². The summed E-state index contributed by atoms with van der Waals surface area (Å²) in [7, 11) is 0. The molecule has 0 bridgehead atoms. The molecule has 0 aromatic heterocycles. The number of carbonyl (C=O) groups is 1. The minimum absolute atomic E-state index is 0.00991. The third-order valence-corrected chi connectivity index (χ3v) is 3.93. The van der Waals surface area contributed by atoms with Crippen molar-refractivity contribution >= 4 is 21.8 Å². The van der Waals surface area contributed by atoms with E-state index >= 15 is 0 Å². The van der Waals surface area contributed by atoms with Crippen molar-refractivity contribution in [2.24, 2.45) is 0 Å². The summed E-state index contributed by atoms with van der Waals surface area (Å²) in [5.74, 6) is 0.00991. The van der Waals surface area contributed by atoms with Crippen molar-refractivity contribution in [1.29, 1.82) is 0 Å². The lowest BCUT2D eigenvalue weighted by molar-refractivity contribution is 0.0696. The highest BCUT2D eigenvalue weighted by molar-refractivity contribution is 9.10. The lowest BCUT2D eigenvalue weighted by Crippen LogP contribution is -2.39. The van der Waals surface area contributed by atoms with E-state index in [-0.39, 0.29) is 11.9 Å². The molecule has 17 heavy (non-hydrogen) atoms. The van der Waals surface area contributed by atoms with Gasteiger partial charge in [-0.05, 0) is 37.5 Å². The van der Waals surface area contributed by atoms with E-state index in [1.165, 1.54) is 0 Å². The third-order valence-electron chi connectivity index (χ3n) is 3.07. The molecule has 1 amide bonds. The molecule has 1 aromatic carbocycles. The van der Waals surface area contributed by atoms with E-state index in [1.807, 2.05) is 25.1 Å². The lowest BCUT2D eigenvalue weighted by atomic mass is 10.1. The molecule has 1 N–H and O–H groups in total. The zero-order valence-corrected chi connectivity index (χ0v) is 11.4. The summed E-state index contributed by atoms with van der Waals surface area (Å²) in [6.45, 7) is 3.42. The fourth-order valence-electron chi connectivity index (χ4n) is 1.96.